The molecule has 0 bridgehead atoms. The Kier molecular flexibility index (Phi) is 6.85. The first-order valence-electron chi connectivity index (χ1n) is 9.08. The molecule has 3 rings (SSSR count). The molecule has 0 heterocycles. The molecule has 0 atom stereocenters. The fourth-order valence-corrected chi connectivity index (χ4v) is 4.82. The van der Waals surface area contributed by atoms with E-state index in [0.29, 0.717) is 26.4 Å². The van der Waals surface area contributed by atoms with E-state index in [4.69, 9.17) is 11.6 Å². The second kappa shape index (κ2) is 9.20. The standard InChI is InChI=1S/C22H20BrClN2O3S/c1-15-9-11-19(12-10-15)30(28,29)26(18-6-3-5-17(23)13-18)14-22(27)25-21-8-4-7-20(24)16(21)2/h3-13H,14H2,1-2H3,(H,25,27). The Morgan fingerprint density at radius 3 is 2.37 bits per heavy atom. The number of hydrogen-bond acceptors (Lipinski definition) is 3. The van der Waals surface area contributed by atoms with Gasteiger partial charge in [-0.25, -0.2) is 8.42 Å². The molecular weight excluding hydrogens is 488 g/mol. The number of anilines is 2. The van der Waals surface area contributed by atoms with E-state index < -0.39 is 22.5 Å². The van der Waals surface area contributed by atoms with Crippen LogP contribution in [0.1, 0.15) is 11.1 Å². The summed E-state index contributed by atoms with van der Waals surface area (Å²) in [5.41, 5.74) is 2.57. The first kappa shape index (κ1) is 22.3. The van der Waals surface area contributed by atoms with Crippen LogP contribution in [0.25, 0.3) is 0 Å². The minimum absolute atomic E-state index is 0.111. The Balaban J connectivity index is 1.97. The smallest absolute Gasteiger partial charge is 0.264 e. The van der Waals surface area contributed by atoms with E-state index in [1.807, 2.05) is 6.92 Å². The molecule has 8 heteroatoms. The Bertz CT molecular complexity index is 1180. The minimum Gasteiger partial charge on any atom is -0.324 e. The maximum absolute atomic E-state index is 13.4. The van der Waals surface area contributed by atoms with Gasteiger partial charge in [0, 0.05) is 15.2 Å². The van der Waals surface area contributed by atoms with Crippen LogP contribution in [-0.4, -0.2) is 20.9 Å². The summed E-state index contributed by atoms with van der Waals surface area (Å²) in [4.78, 5) is 12.9. The fourth-order valence-electron chi connectivity index (χ4n) is 2.85. The third-order valence-corrected chi connectivity index (χ3v) is 7.22. The molecule has 156 valence electrons. The van der Waals surface area contributed by atoms with Crippen molar-refractivity contribution in [3.05, 3.63) is 87.4 Å². The fraction of sp³-hybridized carbons (Fsp3) is 0.136. The van der Waals surface area contributed by atoms with Crippen LogP contribution in [0.3, 0.4) is 0 Å². The lowest BCUT2D eigenvalue weighted by Crippen LogP contribution is -2.38. The highest BCUT2D eigenvalue weighted by Crippen LogP contribution is 2.27. The average Bonchev–Trinajstić information content (AvgIpc) is 2.70. The predicted octanol–water partition coefficient (Wildman–Crippen LogP) is 5.55. The van der Waals surface area contributed by atoms with Crippen molar-refractivity contribution >= 4 is 54.8 Å². The van der Waals surface area contributed by atoms with Crippen LogP contribution in [-0.2, 0) is 14.8 Å². The van der Waals surface area contributed by atoms with E-state index >= 15 is 0 Å². The molecule has 1 amide bonds. The van der Waals surface area contributed by atoms with Crippen LogP contribution >= 0.6 is 27.5 Å². The number of sulfonamides is 1. The van der Waals surface area contributed by atoms with Gasteiger partial charge in [0.15, 0.2) is 0 Å². The molecule has 1 N–H and O–H groups in total. The third-order valence-electron chi connectivity index (χ3n) is 4.53. The molecular formula is C22H20BrClN2O3S. The quantitative estimate of drug-likeness (QED) is 0.475. The van der Waals surface area contributed by atoms with Crippen LogP contribution in [0.4, 0.5) is 11.4 Å². The van der Waals surface area contributed by atoms with Crippen molar-refractivity contribution in [2.45, 2.75) is 18.7 Å². The summed E-state index contributed by atoms with van der Waals surface area (Å²) in [5, 5.41) is 3.27. The van der Waals surface area contributed by atoms with Gasteiger partial charge in [0.05, 0.1) is 10.6 Å². The SMILES string of the molecule is Cc1ccc(S(=O)(=O)N(CC(=O)Nc2cccc(Cl)c2C)c2cccc(Br)c2)cc1. The maximum Gasteiger partial charge on any atom is 0.264 e. The Morgan fingerprint density at radius 1 is 1.03 bits per heavy atom. The molecule has 0 unspecified atom stereocenters. The summed E-state index contributed by atoms with van der Waals surface area (Å²) >= 11 is 9.48. The van der Waals surface area contributed by atoms with E-state index in [1.165, 1.54) is 12.1 Å². The van der Waals surface area contributed by atoms with E-state index in [-0.39, 0.29) is 4.90 Å². The number of halogens is 2. The molecule has 0 aliphatic heterocycles. The Hall–Kier alpha value is -2.35. The lowest BCUT2D eigenvalue weighted by Gasteiger charge is -2.24. The van der Waals surface area contributed by atoms with Gasteiger partial charge in [-0.15, -0.1) is 0 Å². The van der Waals surface area contributed by atoms with Crippen molar-refractivity contribution in [2.75, 3.05) is 16.2 Å². The number of hydrogen-bond donors (Lipinski definition) is 1. The zero-order valence-electron chi connectivity index (χ0n) is 16.4. The van der Waals surface area contributed by atoms with Crippen molar-refractivity contribution in [1.82, 2.24) is 0 Å². The number of carbonyl (C=O) groups is 1. The van der Waals surface area contributed by atoms with E-state index in [9.17, 15) is 13.2 Å². The molecule has 0 spiro atoms. The molecule has 3 aromatic carbocycles. The number of amides is 1. The van der Waals surface area contributed by atoms with Gasteiger partial charge in [-0.05, 0) is 61.9 Å². The van der Waals surface area contributed by atoms with Gasteiger partial charge in [-0.1, -0.05) is 57.4 Å². The maximum atomic E-state index is 13.4. The zero-order valence-corrected chi connectivity index (χ0v) is 19.6. The largest absolute Gasteiger partial charge is 0.324 e. The van der Waals surface area contributed by atoms with E-state index in [1.54, 1.807) is 61.5 Å². The van der Waals surface area contributed by atoms with Crippen molar-refractivity contribution in [3.63, 3.8) is 0 Å². The second-order valence-electron chi connectivity index (χ2n) is 6.77. The lowest BCUT2D eigenvalue weighted by molar-refractivity contribution is -0.114. The van der Waals surface area contributed by atoms with Gasteiger partial charge >= 0.3 is 0 Å². The molecule has 0 aliphatic rings. The van der Waals surface area contributed by atoms with Gasteiger partial charge < -0.3 is 5.32 Å². The summed E-state index contributed by atoms with van der Waals surface area (Å²) in [6.07, 6.45) is 0. The van der Waals surface area contributed by atoms with Gasteiger partial charge in [-0.3, -0.25) is 9.10 Å². The molecule has 0 saturated carbocycles. The van der Waals surface area contributed by atoms with Crippen molar-refractivity contribution < 1.29 is 13.2 Å². The molecule has 30 heavy (non-hydrogen) atoms. The number of aryl methyl sites for hydroxylation is 1. The highest BCUT2D eigenvalue weighted by Gasteiger charge is 2.27. The number of benzene rings is 3. The number of nitrogens with one attached hydrogen (secondary N) is 1. The van der Waals surface area contributed by atoms with Crippen LogP contribution in [0.15, 0.2) is 76.1 Å². The van der Waals surface area contributed by atoms with Gasteiger partial charge in [0.1, 0.15) is 6.54 Å². The minimum atomic E-state index is -3.97. The molecule has 5 nitrogen and oxygen atoms in total. The summed E-state index contributed by atoms with van der Waals surface area (Å²) in [7, 11) is -3.97. The average molecular weight is 508 g/mol. The van der Waals surface area contributed by atoms with Gasteiger partial charge in [0.2, 0.25) is 5.91 Å². The van der Waals surface area contributed by atoms with E-state index in [2.05, 4.69) is 21.2 Å². The molecule has 0 aromatic heterocycles. The normalized spacial score (nSPS) is 11.2. The van der Waals surface area contributed by atoms with Crippen LogP contribution in [0.5, 0.6) is 0 Å². The number of carbonyl (C=O) groups excluding carboxylic acids is 1. The predicted molar refractivity (Wildman–Crippen MR) is 125 cm³/mol. The summed E-state index contributed by atoms with van der Waals surface area (Å²) in [6, 6.07) is 18.5. The van der Waals surface area contributed by atoms with Crippen LogP contribution in [0, 0.1) is 13.8 Å². The Labute approximate surface area is 189 Å². The first-order valence-corrected chi connectivity index (χ1v) is 11.7. The van der Waals surface area contributed by atoms with Crippen molar-refractivity contribution in [3.8, 4) is 0 Å². The molecule has 0 radical (unpaired) electrons. The molecule has 0 aliphatic carbocycles. The van der Waals surface area contributed by atoms with E-state index in [0.717, 1.165) is 9.87 Å². The van der Waals surface area contributed by atoms with Crippen molar-refractivity contribution in [2.24, 2.45) is 0 Å². The van der Waals surface area contributed by atoms with Crippen LogP contribution in [0.2, 0.25) is 5.02 Å². The topological polar surface area (TPSA) is 66.5 Å². The van der Waals surface area contributed by atoms with Gasteiger partial charge in [0.25, 0.3) is 10.0 Å². The highest BCUT2D eigenvalue weighted by atomic mass is 79.9. The lowest BCUT2D eigenvalue weighted by atomic mass is 10.2. The monoisotopic (exact) mass is 506 g/mol. The Morgan fingerprint density at radius 2 is 1.70 bits per heavy atom. The van der Waals surface area contributed by atoms with Crippen LogP contribution < -0.4 is 9.62 Å². The zero-order chi connectivity index (χ0) is 21.9. The summed E-state index contributed by atoms with van der Waals surface area (Å²) in [6.45, 7) is 3.27. The molecule has 3 aromatic rings. The molecule has 0 fully saturated rings. The third kappa shape index (κ3) is 5.03. The molecule has 0 saturated heterocycles. The first-order chi connectivity index (χ1) is 14.2. The highest BCUT2D eigenvalue weighted by molar-refractivity contribution is 9.10. The summed E-state index contributed by atoms with van der Waals surface area (Å²) < 4.78 is 28.5. The number of rotatable bonds is 6. The second-order valence-corrected chi connectivity index (χ2v) is 9.95. The van der Waals surface area contributed by atoms with Crippen molar-refractivity contribution in [1.29, 1.82) is 0 Å². The summed E-state index contributed by atoms with van der Waals surface area (Å²) in [5.74, 6) is -0.476. The number of nitrogens with zero attached hydrogens (tertiary/aromatic N) is 1. The van der Waals surface area contributed by atoms with Gasteiger partial charge in [-0.2, -0.15) is 0 Å².